The molecule has 9 N–H and O–H groups in total. The van der Waals surface area contributed by atoms with Crippen molar-refractivity contribution in [1.29, 1.82) is 0 Å². The fourth-order valence-electron chi connectivity index (χ4n) is 4.48. The van der Waals surface area contributed by atoms with E-state index in [0.29, 0.717) is 17.8 Å². The SMILES string of the molecule is C=C(CO/N=C(/C)CC1C(OC2C(CO)OC(O)C(NC(C)=O)C2O)OC(CO)C(O)C1O)NNC(=O)CCCC. The van der Waals surface area contributed by atoms with Crippen LogP contribution in [-0.2, 0) is 28.6 Å². The van der Waals surface area contributed by atoms with Crippen molar-refractivity contribution in [2.45, 2.75) is 102 Å². The van der Waals surface area contributed by atoms with Crippen molar-refractivity contribution in [2.24, 2.45) is 11.1 Å². The van der Waals surface area contributed by atoms with Gasteiger partial charge >= 0.3 is 0 Å². The number of hydrogen-bond donors (Lipinski definition) is 9. The molecule has 10 atom stereocenters. The molecule has 2 rings (SSSR count). The summed E-state index contributed by atoms with van der Waals surface area (Å²) in [7, 11) is 0. The molecule has 2 fully saturated rings. The van der Waals surface area contributed by atoms with Crippen molar-refractivity contribution in [2.75, 3.05) is 19.8 Å². The second-order valence-electron chi connectivity index (χ2n) is 10.1. The molecule has 10 unspecified atom stereocenters. The van der Waals surface area contributed by atoms with Crippen LogP contribution in [0.25, 0.3) is 0 Å². The fraction of sp³-hybridized carbons (Fsp3) is 0.800. The average Bonchev–Trinajstić information content (AvgIpc) is 2.93. The zero-order chi connectivity index (χ0) is 30.7. The van der Waals surface area contributed by atoms with E-state index in [1.807, 2.05) is 6.92 Å². The molecule has 0 radical (unpaired) electrons. The molecule has 2 saturated heterocycles. The Morgan fingerprint density at radius 2 is 1.66 bits per heavy atom. The van der Waals surface area contributed by atoms with Crippen LogP contribution in [-0.4, -0.2) is 123 Å². The van der Waals surface area contributed by atoms with Gasteiger partial charge in [-0.1, -0.05) is 25.1 Å². The molecule has 0 aliphatic carbocycles. The highest BCUT2D eigenvalue weighted by atomic mass is 16.7. The van der Waals surface area contributed by atoms with E-state index in [1.54, 1.807) is 6.92 Å². The highest BCUT2D eigenvalue weighted by Gasteiger charge is 2.51. The molecule has 0 spiro atoms. The maximum Gasteiger partial charge on any atom is 0.238 e. The quantitative estimate of drug-likeness (QED) is 0.0686. The minimum atomic E-state index is -1.65. The molecule has 2 amide bonds. The van der Waals surface area contributed by atoms with Gasteiger partial charge in [0.1, 0.15) is 36.6 Å². The van der Waals surface area contributed by atoms with Gasteiger partial charge < -0.3 is 55.0 Å². The molecule has 2 heterocycles. The molecular weight excluding hydrogens is 548 g/mol. The van der Waals surface area contributed by atoms with Crippen molar-refractivity contribution >= 4 is 17.5 Å². The van der Waals surface area contributed by atoms with Crippen LogP contribution in [0.5, 0.6) is 0 Å². The van der Waals surface area contributed by atoms with Gasteiger partial charge in [-0.15, -0.1) is 0 Å². The number of unbranched alkanes of at least 4 members (excludes halogenated alkanes) is 1. The van der Waals surface area contributed by atoms with E-state index in [-0.39, 0.29) is 18.9 Å². The van der Waals surface area contributed by atoms with Crippen LogP contribution >= 0.6 is 0 Å². The molecule has 2 aliphatic rings. The molecule has 41 heavy (non-hydrogen) atoms. The number of hydrazine groups is 1. The maximum atomic E-state index is 11.7. The van der Waals surface area contributed by atoms with Crippen LogP contribution in [0.2, 0.25) is 0 Å². The van der Waals surface area contributed by atoms with Crippen LogP contribution in [0, 0.1) is 5.92 Å². The van der Waals surface area contributed by atoms with Gasteiger partial charge in [-0.3, -0.25) is 20.4 Å². The molecular formula is C25H44N4O12. The van der Waals surface area contributed by atoms with Crippen LogP contribution in [0.1, 0.15) is 46.5 Å². The summed E-state index contributed by atoms with van der Waals surface area (Å²) in [5, 5.41) is 68.2. The van der Waals surface area contributed by atoms with Gasteiger partial charge in [-0.25, -0.2) is 0 Å². The molecule has 0 aromatic heterocycles. The van der Waals surface area contributed by atoms with Gasteiger partial charge in [-0.05, 0) is 19.8 Å². The number of carbonyl (C=O) groups excluding carboxylic acids is 2. The highest BCUT2D eigenvalue weighted by molar-refractivity contribution is 5.81. The minimum Gasteiger partial charge on any atom is -0.394 e. The summed E-state index contributed by atoms with van der Waals surface area (Å²) >= 11 is 0. The summed E-state index contributed by atoms with van der Waals surface area (Å²) in [5.41, 5.74) is 5.79. The summed E-state index contributed by atoms with van der Waals surface area (Å²) in [4.78, 5) is 28.5. The summed E-state index contributed by atoms with van der Waals surface area (Å²) in [6, 6.07) is -1.30. The maximum absolute atomic E-state index is 11.7. The lowest BCUT2D eigenvalue weighted by Gasteiger charge is -2.47. The molecule has 16 nitrogen and oxygen atoms in total. The van der Waals surface area contributed by atoms with Gasteiger partial charge in [0.05, 0.1) is 30.7 Å². The lowest BCUT2D eigenvalue weighted by atomic mass is 9.86. The van der Waals surface area contributed by atoms with E-state index in [2.05, 4.69) is 27.9 Å². The van der Waals surface area contributed by atoms with Crippen molar-refractivity contribution < 1.29 is 59.3 Å². The smallest absolute Gasteiger partial charge is 0.238 e. The van der Waals surface area contributed by atoms with E-state index >= 15 is 0 Å². The lowest BCUT2D eigenvalue weighted by Crippen LogP contribution is -2.66. The predicted molar refractivity (Wildman–Crippen MR) is 141 cm³/mol. The predicted octanol–water partition coefficient (Wildman–Crippen LogP) is -2.89. The van der Waals surface area contributed by atoms with Gasteiger partial charge in [0, 0.05) is 19.3 Å². The topological polar surface area (TPSA) is 241 Å². The Morgan fingerprint density at radius 1 is 0.976 bits per heavy atom. The Kier molecular flexibility index (Phi) is 14.3. The van der Waals surface area contributed by atoms with E-state index in [0.717, 1.165) is 12.8 Å². The normalized spacial score (nSPS) is 34.0. The zero-order valence-electron chi connectivity index (χ0n) is 23.5. The first-order valence-corrected chi connectivity index (χ1v) is 13.5. The largest absolute Gasteiger partial charge is 0.394 e. The third-order valence-corrected chi connectivity index (χ3v) is 6.67. The van der Waals surface area contributed by atoms with E-state index in [4.69, 9.17) is 19.0 Å². The number of ether oxygens (including phenoxy) is 3. The van der Waals surface area contributed by atoms with Crippen molar-refractivity contribution in [3.8, 4) is 0 Å². The van der Waals surface area contributed by atoms with E-state index in [1.165, 1.54) is 6.92 Å². The average molecular weight is 593 g/mol. The molecule has 0 aromatic rings. The Labute approximate surface area is 238 Å². The summed E-state index contributed by atoms with van der Waals surface area (Å²) in [5.74, 6) is -1.76. The molecule has 236 valence electrons. The number of amides is 2. The van der Waals surface area contributed by atoms with Crippen molar-refractivity contribution in [3.05, 3.63) is 12.3 Å². The first-order chi connectivity index (χ1) is 19.4. The van der Waals surface area contributed by atoms with Gasteiger partial charge in [0.15, 0.2) is 19.2 Å². The molecule has 16 heteroatoms. The van der Waals surface area contributed by atoms with Gasteiger partial charge in [0.2, 0.25) is 11.8 Å². The monoisotopic (exact) mass is 592 g/mol. The summed E-state index contributed by atoms with van der Waals surface area (Å²) in [6.45, 7) is 7.02. The van der Waals surface area contributed by atoms with Crippen molar-refractivity contribution in [3.63, 3.8) is 0 Å². The standard InChI is InChI=1S/C25H44N4O12/c1-5-6-7-18(33)28-27-13(3)11-38-29-12(2)8-15-20(34)21(35)16(9-30)40-25(15)41-23-17(10-31)39-24(37)19(22(23)36)26-14(4)32/h15-17,19-25,27,30-31,34-37H,3,5-11H2,1-2,4H3,(H,26,32)(H,28,33)/b29-12-. The third kappa shape index (κ3) is 10.1. The second-order valence-corrected chi connectivity index (χ2v) is 10.1. The van der Waals surface area contributed by atoms with Crippen LogP contribution in [0.4, 0.5) is 0 Å². The molecule has 0 bridgehead atoms. The summed E-state index contributed by atoms with van der Waals surface area (Å²) in [6.07, 6.45) is -9.44. The van der Waals surface area contributed by atoms with Crippen LogP contribution in [0.15, 0.2) is 17.4 Å². The van der Waals surface area contributed by atoms with E-state index in [9.17, 15) is 40.2 Å². The molecule has 0 aromatic carbocycles. The van der Waals surface area contributed by atoms with Crippen LogP contribution in [0.3, 0.4) is 0 Å². The van der Waals surface area contributed by atoms with Gasteiger partial charge in [0.25, 0.3) is 0 Å². The Balaban J connectivity index is 2.10. The number of hydrogen-bond acceptors (Lipinski definition) is 14. The van der Waals surface area contributed by atoms with E-state index < -0.39 is 80.3 Å². The number of carbonyl (C=O) groups is 2. The lowest BCUT2D eigenvalue weighted by molar-refractivity contribution is -0.336. The van der Waals surface area contributed by atoms with Crippen LogP contribution < -0.4 is 16.2 Å². The first kappa shape index (κ1) is 34.8. The Morgan fingerprint density at radius 3 is 2.27 bits per heavy atom. The number of nitrogens with zero attached hydrogens (tertiary/aromatic N) is 1. The minimum absolute atomic E-state index is 0.0418. The zero-order valence-corrected chi connectivity index (χ0v) is 23.5. The Hall–Kier alpha value is -2.41. The van der Waals surface area contributed by atoms with Gasteiger partial charge in [-0.2, -0.15) is 0 Å². The Bertz CT molecular complexity index is 893. The third-order valence-electron chi connectivity index (χ3n) is 6.67. The molecule has 0 saturated carbocycles. The number of aliphatic hydroxyl groups excluding tert-OH is 6. The number of nitrogens with one attached hydrogen (secondary N) is 3. The number of rotatable bonds is 15. The highest BCUT2D eigenvalue weighted by Crippen LogP contribution is 2.33. The number of aliphatic hydroxyl groups is 6. The number of oxime groups is 1. The summed E-state index contributed by atoms with van der Waals surface area (Å²) < 4.78 is 17.0. The fourth-order valence-corrected chi connectivity index (χ4v) is 4.48. The molecule has 2 aliphatic heterocycles. The van der Waals surface area contributed by atoms with Crippen molar-refractivity contribution in [1.82, 2.24) is 16.2 Å². The first-order valence-electron chi connectivity index (χ1n) is 13.5. The second kappa shape index (κ2) is 16.9.